The standard InChI is InChI=1S/C32H43O2P/c1-11-24(25-17-21(2)19-27(29(25)33)31(4,5)6)26-18-22(3)20-28(32(7,8)9)30(26)34-35(10)23-15-13-12-14-16-23/h12-20,24,33H,11H2,1-10H3. The lowest BCUT2D eigenvalue weighted by molar-refractivity contribution is 0.435. The third kappa shape index (κ3) is 6.10. The minimum absolute atomic E-state index is 0.0335. The van der Waals surface area contributed by atoms with Gasteiger partial charge < -0.3 is 9.63 Å². The SMILES string of the molecule is CCC(c1cc(C)cc(C(C)(C)C)c1O)c1cc(C)cc(C(C)(C)C)c1OP(C)c1ccccc1. The lowest BCUT2D eigenvalue weighted by Gasteiger charge is -2.31. The number of hydrogen-bond acceptors (Lipinski definition) is 2. The lowest BCUT2D eigenvalue weighted by atomic mass is 9.77. The van der Waals surface area contributed by atoms with Crippen LogP contribution in [0.4, 0.5) is 0 Å². The first kappa shape index (κ1) is 27.3. The molecule has 2 unspecified atom stereocenters. The molecule has 188 valence electrons. The van der Waals surface area contributed by atoms with Gasteiger partial charge in [-0.2, -0.15) is 0 Å². The van der Waals surface area contributed by atoms with Crippen molar-refractivity contribution in [3.63, 3.8) is 0 Å². The van der Waals surface area contributed by atoms with E-state index < -0.39 is 8.15 Å². The van der Waals surface area contributed by atoms with Crippen molar-refractivity contribution >= 4 is 13.5 Å². The van der Waals surface area contributed by atoms with Gasteiger partial charge in [0.1, 0.15) is 19.6 Å². The van der Waals surface area contributed by atoms with Gasteiger partial charge in [-0.15, -0.1) is 0 Å². The molecular weight excluding hydrogens is 447 g/mol. The first-order valence-electron chi connectivity index (χ1n) is 12.7. The Morgan fingerprint density at radius 3 is 1.83 bits per heavy atom. The summed E-state index contributed by atoms with van der Waals surface area (Å²) in [5.41, 5.74) is 6.56. The van der Waals surface area contributed by atoms with Gasteiger partial charge in [-0.05, 0) is 43.3 Å². The van der Waals surface area contributed by atoms with E-state index in [1.165, 1.54) is 27.6 Å². The minimum Gasteiger partial charge on any atom is -0.507 e. The fourth-order valence-electron chi connectivity index (χ4n) is 4.80. The van der Waals surface area contributed by atoms with E-state index in [2.05, 4.69) is 118 Å². The Labute approximate surface area is 214 Å². The highest BCUT2D eigenvalue weighted by Crippen LogP contribution is 2.49. The van der Waals surface area contributed by atoms with Crippen LogP contribution in [0.2, 0.25) is 0 Å². The Bertz CT molecular complexity index is 1170. The van der Waals surface area contributed by atoms with Crippen molar-refractivity contribution in [3.8, 4) is 11.5 Å². The summed E-state index contributed by atoms with van der Waals surface area (Å²) in [7, 11) is -0.841. The molecule has 3 aromatic rings. The topological polar surface area (TPSA) is 29.5 Å². The third-order valence-electron chi connectivity index (χ3n) is 6.67. The van der Waals surface area contributed by atoms with Gasteiger partial charge in [0.25, 0.3) is 0 Å². The van der Waals surface area contributed by atoms with E-state index in [0.29, 0.717) is 5.75 Å². The normalized spacial score (nSPS) is 14.0. The van der Waals surface area contributed by atoms with Crippen LogP contribution in [0.15, 0.2) is 54.6 Å². The van der Waals surface area contributed by atoms with Crippen molar-refractivity contribution in [3.05, 3.63) is 88.0 Å². The van der Waals surface area contributed by atoms with Gasteiger partial charge in [-0.3, -0.25) is 0 Å². The molecule has 3 aromatic carbocycles. The van der Waals surface area contributed by atoms with Crippen LogP contribution in [0, 0.1) is 13.8 Å². The second kappa shape index (κ2) is 10.4. The Morgan fingerprint density at radius 2 is 1.31 bits per heavy atom. The summed E-state index contributed by atoms with van der Waals surface area (Å²) in [5.74, 6) is 1.43. The molecule has 0 spiro atoms. The van der Waals surface area contributed by atoms with Crippen LogP contribution in [-0.2, 0) is 10.8 Å². The van der Waals surface area contributed by atoms with Crippen LogP contribution in [-0.4, -0.2) is 11.8 Å². The molecule has 2 atom stereocenters. The smallest absolute Gasteiger partial charge is 0.131 e. The number of phenols is 1. The van der Waals surface area contributed by atoms with E-state index in [1.807, 2.05) is 6.07 Å². The van der Waals surface area contributed by atoms with Gasteiger partial charge in [-0.25, -0.2) is 0 Å². The average Bonchev–Trinajstić information content (AvgIpc) is 2.76. The highest BCUT2D eigenvalue weighted by Gasteiger charge is 2.30. The van der Waals surface area contributed by atoms with Crippen LogP contribution in [0.3, 0.4) is 0 Å². The van der Waals surface area contributed by atoms with E-state index in [4.69, 9.17) is 4.52 Å². The van der Waals surface area contributed by atoms with Gasteiger partial charge in [0, 0.05) is 27.9 Å². The van der Waals surface area contributed by atoms with Gasteiger partial charge in [0.05, 0.1) is 0 Å². The number of aromatic hydroxyl groups is 1. The monoisotopic (exact) mass is 490 g/mol. The van der Waals surface area contributed by atoms with Gasteiger partial charge >= 0.3 is 0 Å². The zero-order valence-electron chi connectivity index (χ0n) is 23.3. The van der Waals surface area contributed by atoms with Crippen molar-refractivity contribution < 1.29 is 9.63 Å². The molecule has 3 heteroatoms. The Morgan fingerprint density at radius 1 is 0.800 bits per heavy atom. The summed E-state index contributed by atoms with van der Waals surface area (Å²) in [5, 5.41) is 12.7. The van der Waals surface area contributed by atoms with Crippen LogP contribution in [0.5, 0.6) is 11.5 Å². The predicted octanol–water partition coefficient (Wildman–Crippen LogP) is 8.88. The summed E-state index contributed by atoms with van der Waals surface area (Å²) < 4.78 is 6.90. The van der Waals surface area contributed by atoms with Crippen LogP contribution in [0.25, 0.3) is 0 Å². The maximum atomic E-state index is 11.5. The fourth-order valence-corrected chi connectivity index (χ4v) is 5.97. The minimum atomic E-state index is -0.841. The summed E-state index contributed by atoms with van der Waals surface area (Å²) in [4.78, 5) is 0. The summed E-state index contributed by atoms with van der Waals surface area (Å²) >= 11 is 0. The molecule has 0 heterocycles. The molecule has 35 heavy (non-hydrogen) atoms. The number of aryl methyl sites for hydroxylation is 2. The van der Waals surface area contributed by atoms with Crippen LogP contribution < -0.4 is 9.83 Å². The number of benzene rings is 3. The third-order valence-corrected chi connectivity index (χ3v) is 8.15. The number of phenolic OH excluding ortho intramolecular Hbond substituents is 1. The second-order valence-electron chi connectivity index (χ2n) is 11.9. The largest absolute Gasteiger partial charge is 0.507 e. The van der Waals surface area contributed by atoms with Crippen LogP contribution >= 0.6 is 8.15 Å². The molecule has 0 aliphatic heterocycles. The average molecular weight is 491 g/mol. The van der Waals surface area contributed by atoms with Gasteiger partial charge in [0.2, 0.25) is 0 Å². The van der Waals surface area contributed by atoms with Crippen molar-refractivity contribution in [1.82, 2.24) is 0 Å². The lowest BCUT2D eigenvalue weighted by Crippen LogP contribution is -2.17. The fraction of sp³-hybridized carbons (Fsp3) is 0.438. The Balaban J connectivity index is 2.27. The predicted molar refractivity (Wildman–Crippen MR) is 153 cm³/mol. The summed E-state index contributed by atoms with van der Waals surface area (Å²) in [6.45, 7) is 21.9. The van der Waals surface area contributed by atoms with Crippen molar-refractivity contribution in [2.75, 3.05) is 6.66 Å². The van der Waals surface area contributed by atoms with Crippen LogP contribution in [0.1, 0.15) is 94.2 Å². The van der Waals surface area contributed by atoms with Crippen molar-refractivity contribution in [2.45, 2.75) is 85.5 Å². The maximum Gasteiger partial charge on any atom is 0.131 e. The van der Waals surface area contributed by atoms with E-state index in [0.717, 1.165) is 23.3 Å². The van der Waals surface area contributed by atoms with Crippen molar-refractivity contribution in [1.29, 1.82) is 0 Å². The molecule has 0 bridgehead atoms. The molecule has 0 aliphatic rings. The van der Waals surface area contributed by atoms with Crippen molar-refractivity contribution in [2.24, 2.45) is 0 Å². The molecule has 0 amide bonds. The molecule has 0 saturated heterocycles. The van der Waals surface area contributed by atoms with E-state index >= 15 is 0 Å². The zero-order chi connectivity index (χ0) is 26.1. The Kier molecular flexibility index (Phi) is 8.07. The van der Waals surface area contributed by atoms with Gasteiger partial charge in [0.15, 0.2) is 0 Å². The second-order valence-corrected chi connectivity index (χ2v) is 13.6. The molecule has 0 aromatic heterocycles. The maximum absolute atomic E-state index is 11.5. The first-order chi connectivity index (χ1) is 16.2. The quantitative estimate of drug-likeness (QED) is 0.350. The van der Waals surface area contributed by atoms with Gasteiger partial charge in [-0.1, -0.05) is 114 Å². The number of rotatable bonds is 6. The highest BCUT2D eigenvalue weighted by molar-refractivity contribution is 7.60. The number of hydrogen-bond donors (Lipinski definition) is 1. The van der Waals surface area contributed by atoms with E-state index in [-0.39, 0.29) is 16.7 Å². The Hall–Kier alpha value is -2.31. The van der Waals surface area contributed by atoms with E-state index in [9.17, 15) is 5.11 Å². The molecule has 0 fully saturated rings. The summed E-state index contributed by atoms with van der Waals surface area (Å²) in [6, 6.07) is 19.3. The molecule has 1 N–H and O–H groups in total. The molecule has 0 saturated carbocycles. The molecule has 0 aliphatic carbocycles. The van der Waals surface area contributed by atoms with E-state index in [1.54, 1.807) is 0 Å². The highest BCUT2D eigenvalue weighted by atomic mass is 31.1. The zero-order valence-corrected chi connectivity index (χ0v) is 24.2. The first-order valence-corrected chi connectivity index (χ1v) is 14.4. The molecule has 0 radical (unpaired) electrons. The molecule has 3 rings (SSSR count). The summed E-state index contributed by atoms with van der Waals surface area (Å²) in [6.07, 6.45) is 0.872. The molecule has 2 nitrogen and oxygen atoms in total. The molecular formula is C32H43O2P.